The molecule has 1 saturated carbocycles. The minimum Gasteiger partial charge on any atom is -0.368 e. The van der Waals surface area contributed by atoms with E-state index in [2.05, 4.69) is 18.4 Å². The lowest BCUT2D eigenvalue weighted by Gasteiger charge is -2.37. The van der Waals surface area contributed by atoms with Gasteiger partial charge in [0.15, 0.2) is 5.78 Å². The molecule has 0 aliphatic heterocycles. The van der Waals surface area contributed by atoms with E-state index in [4.69, 9.17) is 4.74 Å². The van der Waals surface area contributed by atoms with Gasteiger partial charge in [-0.1, -0.05) is 13.0 Å². The van der Waals surface area contributed by atoms with Crippen LogP contribution in [0.25, 0.3) is 0 Å². The Labute approximate surface area is 120 Å². The number of hydrogen-bond acceptors (Lipinski definition) is 3. The van der Waals surface area contributed by atoms with Crippen molar-refractivity contribution in [1.29, 1.82) is 0 Å². The van der Waals surface area contributed by atoms with Crippen LogP contribution in [0.2, 0.25) is 0 Å². The maximum atomic E-state index is 12.6. The number of ketones is 1. The van der Waals surface area contributed by atoms with Crippen molar-refractivity contribution >= 4 is 17.1 Å². The third kappa shape index (κ3) is 3.67. The molecule has 1 aromatic heterocycles. The highest BCUT2D eigenvalue weighted by molar-refractivity contribution is 7.09. The molecule has 19 heavy (non-hydrogen) atoms. The molecule has 0 saturated heterocycles. The number of carbonyl (C=O) groups is 1. The molecule has 2 nitrogen and oxygen atoms in total. The van der Waals surface area contributed by atoms with E-state index in [0.717, 1.165) is 38.0 Å². The fourth-order valence-electron chi connectivity index (χ4n) is 2.93. The van der Waals surface area contributed by atoms with E-state index in [-0.39, 0.29) is 0 Å². The number of Topliss-reactive ketones (excluding diaryl/α,β-unsaturated/α-hetero) is 1. The minimum atomic E-state index is -0.474. The molecule has 0 bridgehead atoms. The summed E-state index contributed by atoms with van der Waals surface area (Å²) < 4.78 is 5.90. The average molecular weight is 280 g/mol. The molecule has 0 amide bonds. The van der Waals surface area contributed by atoms with Gasteiger partial charge in [-0.05, 0) is 56.4 Å². The van der Waals surface area contributed by atoms with Crippen LogP contribution in [0.4, 0.5) is 0 Å². The predicted molar refractivity (Wildman–Crippen MR) is 79.6 cm³/mol. The van der Waals surface area contributed by atoms with Crippen LogP contribution in [0.3, 0.4) is 0 Å². The maximum absolute atomic E-state index is 12.6. The Morgan fingerprint density at radius 3 is 2.79 bits per heavy atom. The average Bonchev–Trinajstić information content (AvgIpc) is 2.92. The SMILES string of the molecule is CCOC1(C(=O)CCc2cccs2)CCC(C)CC1. The number of thiophene rings is 1. The maximum Gasteiger partial charge on any atom is 0.164 e. The van der Waals surface area contributed by atoms with Gasteiger partial charge in [-0.25, -0.2) is 0 Å². The highest BCUT2D eigenvalue weighted by atomic mass is 32.1. The van der Waals surface area contributed by atoms with Crippen LogP contribution in [0, 0.1) is 5.92 Å². The summed E-state index contributed by atoms with van der Waals surface area (Å²) in [4.78, 5) is 13.9. The van der Waals surface area contributed by atoms with Crippen molar-refractivity contribution in [3.63, 3.8) is 0 Å². The van der Waals surface area contributed by atoms with Gasteiger partial charge in [0, 0.05) is 17.9 Å². The van der Waals surface area contributed by atoms with Crippen LogP contribution < -0.4 is 0 Å². The molecule has 0 radical (unpaired) electrons. The Morgan fingerprint density at radius 1 is 1.47 bits per heavy atom. The van der Waals surface area contributed by atoms with Crippen molar-refractivity contribution < 1.29 is 9.53 Å². The Morgan fingerprint density at radius 2 is 2.21 bits per heavy atom. The summed E-state index contributed by atoms with van der Waals surface area (Å²) in [6.07, 6.45) is 5.53. The zero-order valence-electron chi connectivity index (χ0n) is 12.0. The zero-order chi connectivity index (χ0) is 13.7. The third-order valence-corrected chi connectivity index (χ3v) is 5.13. The highest BCUT2D eigenvalue weighted by Crippen LogP contribution is 2.36. The van der Waals surface area contributed by atoms with E-state index in [1.165, 1.54) is 4.88 Å². The van der Waals surface area contributed by atoms with Crippen molar-refractivity contribution in [3.8, 4) is 0 Å². The Hall–Kier alpha value is -0.670. The Balaban J connectivity index is 1.96. The van der Waals surface area contributed by atoms with E-state index in [9.17, 15) is 4.79 Å². The normalized spacial score (nSPS) is 27.4. The fourth-order valence-corrected chi connectivity index (χ4v) is 3.64. The zero-order valence-corrected chi connectivity index (χ0v) is 12.8. The third-order valence-electron chi connectivity index (χ3n) is 4.19. The quantitative estimate of drug-likeness (QED) is 0.779. The van der Waals surface area contributed by atoms with Gasteiger partial charge in [0.2, 0.25) is 0 Å². The van der Waals surface area contributed by atoms with Crippen molar-refractivity contribution in [2.75, 3.05) is 6.61 Å². The summed E-state index contributed by atoms with van der Waals surface area (Å²) in [7, 11) is 0. The molecule has 0 unspecified atom stereocenters. The van der Waals surface area contributed by atoms with Crippen molar-refractivity contribution in [3.05, 3.63) is 22.4 Å². The summed E-state index contributed by atoms with van der Waals surface area (Å²) in [5.74, 6) is 1.05. The second kappa shape index (κ2) is 6.67. The molecule has 1 aliphatic carbocycles. The predicted octanol–water partition coefficient (Wildman–Crippen LogP) is 4.24. The summed E-state index contributed by atoms with van der Waals surface area (Å²) >= 11 is 1.73. The second-order valence-corrected chi connectivity index (χ2v) is 6.64. The molecule has 1 aromatic rings. The van der Waals surface area contributed by atoms with Gasteiger partial charge in [0.25, 0.3) is 0 Å². The number of hydrogen-bond donors (Lipinski definition) is 0. The molecular formula is C16H24O2S. The second-order valence-electron chi connectivity index (χ2n) is 5.61. The van der Waals surface area contributed by atoms with E-state index in [1.54, 1.807) is 11.3 Å². The first kappa shape index (κ1) is 14.7. The number of rotatable bonds is 6. The van der Waals surface area contributed by atoms with Crippen LogP contribution in [0.15, 0.2) is 17.5 Å². The molecule has 3 heteroatoms. The standard InChI is InChI=1S/C16H24O2S/c1-3-18-16(10-8-13(2)9-11-16)15(17)7-6-14-5-4-12-19-14/h4-5,12-13H,3,6-11H2,1-2H3. The van der Waals surface area contributed by atoms with Gasteiger partial charge in [0.05, 0.1) is 0 Å². The van der Waals surface area contributed by atoms with Gasteiger partial charge in [0.1, 0.15) is 5.60 Å². The first-order valence-corrected chi connectivity index (χ1v) is 8.24. The first-order chi connectivity index (χ1) is 9.16. The van der Waals surface area contributed by atoms with Gasteiger partial charge in [-0.2, -0.15) is 0 Å². The van der Waals surface area contributed by atoms with E-state index in [1.807, 2.05) is 13.0 Å². The van der Waals surface area contributed by atoms with Gasteiger partial charge in [-0.3, -0.25) is 4.79 Å². The fraction of sp³-hybridized carbons (Fsp3) is 0.688. The largest absolute Gasteiger partial charge is 0.368 e. The molecular weight excluding hydrogens is 256 g/mol. The number of aryl methyl sites for hydroxylation is 1. The van der Waals surface area contributed by atoms with Gasteiger partial charge in [-0.15, -0.1) is 11.3 Å². The number of ether oxygens (including phenoxy) is 1. The Bertz CT molecular complexity index is 389. The van der Waals surface area contributed by atoms with Gasteiger partial charge >= 0.3 is 0 Å². The summed E-state index contributed by atoms with van der Waals surface area (Å²) in [5.41, 5.74) is -0.474. The molecule has 1 aliphatic rings. The van der Waals surface area contributed by atoms with Crippen molar-refractivity contribution in [1.82, 2.24) is 0 Å². The Kier molecular flexibility index (Phi) is 5.17. The molecule has 0 atom stereocenters. The van der Waals surface area contributed by atoms with Gasteiger partial charge < -0.3 is 4.74 Å². The van der Waals surface area contributed by atoms with Crippen molar-refractivity contribution in [2.24, 2.45) is 5.92 Å². The molecule has 2 rings (SSSR count). The van der Waals surface area contributed by atoms with Crippen LogP contribution in [-0.2, 0) is 16.0 Å². The highest BCUT2D eigenvalue weighted by Gasteiger charge is 2.40. The molecule has 106 valence electrons. The lowest BCUT2D eigenvalue weighted by molar-refractivity contribution is -0.150. The van der Waals surface area contributed by atoms with Crippen LogP contribution in [0.1, 0.15) is 50.8 Å². The molecule has 0 aromatic carbocycles. The van der Waals surface area contributed by atoms with Crippen LogP contribution in [-0.4, -0.2) is 18.0 Å². The topological polar surface area (TPSA) is 26.3 Å². The molecule has 1 heterocycles. The summed E-state index contributed by atoms with van der Waals surface area (Å²) in [5, 5.41) is 2.07. The summed E-state index contributed by atoms with van der Waals surface area (Å²) in [6, 6.07) is 4.15. The molecule has 1 fully saturated rings. The van der Waals surface area contributed by atoms with E-state index in [0.29, 0.717) is 18.8 Å². The monoisotopic (exact) mass is 280 g/mol. The smallest absolute Gasteiger partial charge is 0.164 e. The minimum absolute atomic E-state index is 0.314. The lowest BCUT2D eigenvalue weighted by Crippen LogP contribution is -2.44. The summed E-state index contributed by atoms with van der Waals surface area (Å²) in [6.45, 7) is 4.90. The first-order valence-electron chi connectivity index (χ1n) is 7.36. The molecule has 0 spiro atoms. The van der Waals surface area contributed by atoms with E-state index < -0.39 is 5.60 Å². The van der Waals surface area contributed by atoms with Crippen LogP contribution >= 0.6 is 11.3 Å². The lowest BCUT2D eigenvalue weighted by atomic mass is 9.76. The van der Waals surface area contributed by atoms with Crippen molar-refractivity contribution in [2.45, 2.75) is 58.0 Å². The van der Waals surface area contributed by atoms with Crippen LogP contribution in [0.5, 0.6) is 0 Å². The number of carbonyl (C=O) groups excluding carboxylic acids is 1. The molecule has 0 N–H and O–H groups in total. The van der Waals surface area contributed by atoms with E-state index >= 15 is 0 Å².